The van der Waals surface area contributed by atoms with E-state index in [1.807, 2.05) is 49.4 Å². The monoisotopic (exact) mass is 380 g/mol. The van der Waals surface area contributed by atoms with Crippen molar-refractivity contribution in [2.24, 2.45) is 0 Å². The first kappa shape index (κ1) is 18.9. The van der Waals surface area contributed by atoms with Crippen molar-refractivity contribution in [2.45, 2.75) is 19.8 Å². The number of hydrogen-bond donors (Lipinski definition) is 0. The SMILES string of the molecule is COc1ccccc1-c1nc(C)c(-c2ccccc2)nc1CCc1ccccc1. The summed E-state index contributed by atoms with van der Waals surface area (Å²) in [5, 5.41) is 0. The summed E-state index contributed by atoms with van der Waals surface area (Å²) in [6, 6.07) is 28.8. The van der Waals surface area contributed by atoms with Crippen molar-refractivity contribution in [3.05, 3.63) is 102 Å². The fourth-order valence-corrected chi connectivity index (χ4v) is 3.56. The Morgan fingerprint density at radius 2 is 1.34 bits per heavy atom. The molecule has 1 heterocycles. The van der Waals surface area contributed by atoms with Crippen molar-refractivity contribution in [3.8, 4) is 28.3 Å². The molecule has 0 bridgehead atoms. The predicted molar refractivity (Wildman–Crippen MR) is 118 cm³/mol. The van der Waals surface area contributed by atoms with Gasteiger partial charge in [0, 0.05) is 11.1 Å². The number of aromatic nitrogens is 2. The fraction of sp³-hybridized carbons (Fsp3) is 0.154. The molecule has 0 saturated heterocycles. The molecular formula is C26H24N2O. The van der Waals surface area contributed by atoms with Crippen LogP contribution in [0.4, 0.5) is 0 Å². The number of benzene rings is 3. The maximum absolute atomic E-state index is 5.60. The van der Waals surface area contributed by atoms with Crippen molar-refractivity contribution in [1.82, 2.24) is 9.97 Å². The summed E-state index contributed by atoms with van der Waals surface area (Å²) in [5.41, 5.74) is 7.10. The molecule has 0 unspecified atom stereocenters. The highest BCUT2D eigenvalue weighted by atomic mass is 16.5. The second-order valence-corrected chi connectivity index (χ2v) is 7.00. The number of para-hydroxylation sites is 1. The van der Waals surface area contributed by atoms with Gasteiger partial charge in [0.25, 0.3) is 0 Å². The van der Waals surface area contributed by atoms with Crippen molar-refractivity contribution < 1.29 is 4.74 Å². The van der Waals surface area contributed by atoms with Gasteiger partial charge in [-0.15, -0.1) is 0 Å². The molecule has 144 valence electrons. The molecule has 3 nitrogen and oxygen atoms in total. The largest absolute Gasteiger partial charge is 0.496 e. The van der Waals surface area contributed by atoms with Gasteiger partial charge in [-0.1, -0.05) is 72.8 Å². The molecule has 0 N–H and O–H groups in total. The van der Waals surface area contributed by atoms with E-state index in [-0.39, 0.29) is 0 Å². The van der Waals surface area contributed by atoms with Crippen LogP contribution in [0.2, 0.25) is 0 Å². The highest BCUT2D eigenvalue weighted by Crippen LogP contribution is 2.33. The predicted octanol–water partition coefficient (Wildman–Crippen LogP) is 5.91. The third kappa shape index (κ3) is 4.19. The normalized spacial score (nSPS) is 10.7. The van der Waals surface area contributed by atoms with Crippen LogP contribution in [0, 0.1) is 6.92 Å². The standard InChI is InChI=1S/C26H24N2O/c1-19-25(21-13-7-4-8-14-21)28-23(18-17-20-11-5-3-6-12-20)26(27-19)22-15-9-10-16-24(22)29-2/h3-16H,17-18H2,1-2H3. The molecule has 4 rings (SSSR count). The lowest BCUT2D eigenvalue weighted by atomic mass is 10.0. The van der Waals surface area contributed by atoms with Crippen LogP contribution >= 0.6 is 0 Å². The molecule has 0 spiro atoms. The van der Waals surface area contributed by atoms with Gasteiger partial charge in [0.15, 0.2) is 0 Å². The average molecular weight is 380 g/mol. The number of methoxy groups -OCH3 is 1. The van der Waals surface area contributed by atoms with Crippen molar-refractivity contribution >= 4 is 0 Å². The number of ether oxygens (including phenoxy) is 1. The van der Waals surface area contributed by atoms with Crippen LogP contribution in [-0.2, 0) is 12.8 Å². The number of hydrogen-bond acceptors (Lipinski definition) is 3. The van der Waals surface area contributed by atoms with E-state index in [0.717, 1.165) is 52.5 Å². The Labute approximate surface area is 172 Å². The van der Waals surface area contributed by atoms with Crippen molar-refractivity contribution in [3.63, 3.8) is 0 Å². The molecule has 0 amide bonds. The van der Waals surface area contributed by atoms with Crippen molar-refractivity contribution in [2.75, 3.05) is 7.11 Å². The zero-order valence-corrected chi connectivity index (χ0v) is 16.8. The van der Waals surface area contributed by atoms with Gasteiger partial charge in [0.05, 0.1) is 29.9 Å². The summed E-state index contributed by atoms with van der Waals surface area (Å²) >= 11 is 0. The summed E-state index contributed by atoms with van der Waals surface area (Å²) < 4.78 is 5.60. The first-order valence-corrected chi connectivity index (χ1v) is 9.86. The van der Waals surface area contributed by atoms with Gasteiger partial charge in [-0.2, -0.15) is 0 Å². The summed E-state index contributed by atoms with van der Waals surface area (Å²) in [6.45, 7) is 2.02. The van der Waals surface area contributed by atoms with E-state index in [1.165, 1.54) is 5.56 Å². The second-order valence-electron chi connectivity index (χ2n) is 7.00. The summed E-state index contributed by atoms with van der Waals surface area (Å²) in [6.07, 6.45) is 1.72. The van der Waals surface area contributed by atoms with Crippen LogP contribution in [0.3, 0.4) is 0 Å². The van der Waals surface area contributed by atoms with E-state index in [1.54, 1.807) is 7.11 Å². The maximum Gasteiger partial charge on any atom is 0.128 e. The third-order valence-electron chi connectivity index (χ3n) is 5.04. The van der Waals surface area contributed by atoms with Crippen LogP contribution in [0.25, 0.3) is 22.5 Å². The van der Waals surface area contributed by atoms with Crippen molar-refractivity contribution in [1.29, 1.82) is 0 Å². The number of nitrogens with zero attached hydrogens (tertiary/aromatic N) is 2. The van der Waals surface area contributed by atoms with Gasteiger partial charge < -0.3 is 4.74 Å². The van der Waals surface area contributed by atoms with E-state index in [0.29, 0.717) is 0 Å². The fourth-order valence-electron chi connectivity index (χ4n) is 3.56. The van der Waals surface area contributed by atoms with Crippen LogP contribution in [-0.4, -0.2) is 17.1 Å². The van der Waals surface area contributed by atoms with Crippen LogP contribution in [0.5, 0.6) is 5.75 Å². The Kier molecular flexibility index (Phi) is 5.66. The lowest BCUT2D eigenvalue weighted by Crippen LogP contribution is -2.05. The molecule has 0 aliphatic carbocycles. The second kappa shape index (κ2) is 8.70. The van der Waals surface area contributed by atoms with Gasteiger partial charge >= 0.3 is 0 Å². The topological polar surface area (TPSA) is 35.0 Å². The molecule has 0 radical (unpaired) electrons. The Morgan fingerprint density at radius 1 is 0.690 bits per heavy atom. The van der Waals surface area contributed by atoms with E-state index in [2.05, 4.69) is 42.5 Å². The maximum atomic E-state index is 5.60. The minimum Gasteiger partial charge on any atom is -0.496 e. The molecule has 3 heteroatoms. The van der Waals surface area contributed by atoms with E-state index in [4.69, 9.17) is 14.7 Å². The van der Waals surface area contributed by atoms with E-state index in [9.17, 15) is 0 Å². The Bertz CT molecular complexity index is 1090. The Hall–Kier alpha value is -3.46. The number of aryl methyl sites for hydroxylation is 3. The van der Waals surface area contributed by atoms with E-state index >= 15 is 0 Å². The first-order valence-electron chi connectivity index (χ1n) is 9.86. The smallest absolute Gasteiger partial charge is 0.128 e. The Morgan fingerprint density at radius 3 is 2.07 bits per heavy atom. The Balaban J connectivity index is 1.81. The molecule has 0 saturated carbocycles. The first-order chi connectivity index (χ1) is 14.3. The molecule has 29 heavy (non-hydrogen) atoms. The van der Waals surface area contributed by atoms with Gasteiger partial charge in [0.2, 0.25) is 0 Å². The molecule has 0 aliphatic heterocycles. The van der Waals surface area contributed by atoms with Gasteiger partial charge in [-0.25, -0.2) is 9.97 Å². The third-order valence-corrected chi connectivity index (χ3v) is 5.04. The summed E-state index contributed by atoms with van der Waals surface area (Å²) in [5.74, 6) is 0.814. The van der Waals surface area contributed by atoms with E-state index < -0.39 is 0 Å². The van der Waals surface area contributed by atoms with Gasteiger partial charge in [-0.05, 0) is 37.5 Å². The van der Waals surface area contributed by atoms with Gasteiger partial charge in [-0.3, -0.25) is 0 Å². The lowest BCUT2D eigenvalue weighted by molar-refractivity contribution is 0.416. The zero-order chi connectivity index (χ0) is 20.1. The minimum absolute atomic E-state index is 0.810. The molecule has 0 aliphatic rings. The quantitative estimate of drug-likeness (QED) is 0.417. The molecular weight excluding hydrogens is 356 g/mol. The highest BCUT2D eigenvalue weighted by molar-refractivity contribution is 5.72. The number of rotatable bonds is 6. The van der Waals surface area contributed by atoms with Gasteiger partial charge in [0.1, 0.15) is 5.75 Å². The lowest BCUT2D eigenvalue weighted by Gasteiger charge is -2.15. The molecule has 3 aromatic carbocycles. The van der Waals surface area contributed by atoms with Crippen LogP contribution in [0.1, 0.15) is 17.0 Å². The summed E-state index contributed by atoms with van der Waals surface area (Å²) in [4.78, 5) is 10.1. The highest BCUT2D eigenvalue weighted by Gasteiger charge is 2.17. The molecule has 1 aromatic heterocycles. The minimum atomic E-state index is 0.810. The van der Waals surface area contributed by atoms with Crippen LogP contribution < -0.4 is 4.74 Å². The molecule has 4 aromatic rings. The van der Waals surface area contributed by atoms with Crippen LogP contribution in [0.15, 0.2) is 84.9 Å². The molecule has 0 atom stereocenters. The zero-order valence-electron chi connectivity index (χ0n) is 16.8. The molecule has 0 fully saturated rings. The summed E-state index contributed by atoms with van der Waals surface area (Å²) in [7, 11) is 1.70. The average Bonchev–Trinajstić information content (AvgIpc) is 2.79.